The van der Waals surface area contributed by atoms with Crippen LogP contribution in [0.15, 0.2) is 0 Å². The normalized spacial score (nSPS) is 13.6. The summed E-state index contributed by atoms with van der Waals surface area (Å²) in [5, 5.41) is 0. The van der Waals surface area contributed by atoms with Crippen LogP contribution in [-0.4, -0.2) is 0 Å². The van der Waals surface area contributed by atoms with Crippen molar-refractivity contribution in [3.05, 3.63) is 80.8 Å². The minimum absolute atomic E-state index is 1.46. The van der Waals surface area contributed by atoms with Gasteiger partial charge in [-0.2, -0.15) is 0 Å². The SMILES string of the molecule is Cc1c(C)c2sc1=c1sc(c(C)c1C)=c1s/c(c(C)c1C)=c1\sc=2c(C)c1C. The summed E-state index contributed by atoms with van der Waals surface area (Å²) in [6.45, 7) is 18.5. The van der Waals surface area contributed by atoms with Gasteiger partial charge in [-0.15, -0.1) is 45.3 Å². The molecular formula is C24H24S4. The van der Waals surface area contributed by atoms with Gasteiger partial charge in [0.25, 0.3) is 0 Å². The van der Waals surface area contributed by atoms with Gasteiger partial charge < -0.3 is 0 Å². The second-order valence-corrected chi connectivity index (χ2v) is 12.1. The van der Waals surface area contributed by atoms with Crippen LogP contribution in [0.4, 0.5) is 0 Å². The highest BCUT2D eigenvalue weighted by Gasteiger charge is 2.14. The van der Waals surface area contributed by atoms with Crippen LogP contribution in [-0.2, 0) is 0 Å². The second kappa shape index (κ2) is 6.15. The van der Waals surface area contributed by atoms with Crippen LogP contribution in [0.25, 0.3) is 0 Å². The molecule has 0 radical (unpaired) electrons. The van der Waals surface area contributed by atoms with Crippen molar-refractivity contribution < 1.29 is 0 Å². The molecule has 0 saturated heterocycles. The molecule has 0 fully saturated rings. The van der Waals surface area contributed by atoms with Crippen LogP contribution in [0.1, 0.15) is 44.5 Å². The van der Waals surface area contributed by atoms with E-state index in [4.69, 9.17) is 0 Å². The maximum absolute atomic E-state index is 2.31. The first-order valence-corrected chi connectivity index (χ1v) is 12.9. The first-order valence-electron chi connectivity index (χ1n) is 9.63. The molecule has 5 rings (SSSR count). The lowest BCUT2D eigenvalue weighted by Gasteiger charge is -1.91. The van der Waals surface area contributed by atoms with Gasteiger partial charge in [0.2, 0.25) is 0 Å². The molecule has 28 heavy (non-hydrogen) atoms. The molecule has 0 saturated carbocycles. The van der Waals surface area contributed by atoms with E-state index in [0.29, 0.717) is 0 Å². The molecule has 0 aromatic carbocycles. The summed E-state index contributed by atoms with van der Waals surface area (Å²) in [6.07, 6.45) is 0. The zero-order valence-corrected chi connectivity index (χ0v) is 20.9. The lowest BCUT2D eigenvalue weighted by molar-refractivity contribution is 1.30. The van der Waals surface area contributed by atoms with Crippen molar-refractivity contribution >= 4 is 45.3 Å². The summed E-state index contributed by atoms with van der Waals surface area (Å²) in [7, 11) is 0. The van der Waals surface area contributed by atoms with Crippen molar-refractivity contribution in [2.24, 2.45) is 0 Å². The average Bonchev–Trinajstić information content (AvgIpc) is 3.32. The van der Waals surface area contributed by atoms with Crippen molar-refractivity contribution in [3.63, 3.8) is 0 Å². The fraction of sp³-hybridized carbons (Fsp3) is 0.333. The Hall–Kier alpha value is -1.20. The molecule has 4 aromatic heterocycles. The highest BCUT2D eigenvalue weighted by Crippen LogP contribution is 2.33. The van der Waals surface area contributed by atoms with Gasteiger partial charge in [0.1, 0.15) is 0 Å². The highest BCUT2D eigenvalue weighted by molar-refractivity contribution is 7.15. The third-order valence-electron chi connectivity index (χ3n) is 6.62. The van der Waals surface area contributed by atoms with Gasteiger partial charge in [-0.1, -0.05) is 0 Å². The van der Waals surface area contributed by atoms with Gasteiger partial charge in [0, 0.05) is 36.3 Å². The van der Waals surface area contributed by atoms with Gasteiger partial charge in [0.05, 0.1) is 0 Å². The Morgan fingerprint density at radius 3 is 0.464 bits per heavy atom. The summed E-state index contributed by atoms with van der Waals surface area (Å²) in [5.41, 5.74) is 11.7. The Bertz CT molecular complexity index is 1310. The van der Waals surface area contributed by atoms with E-state index in [2.05, 4.69) is 55.4 Å². The van der Waals surface area contributed by atoms with E-state index >= 15 is 0 Å². The zero-order chi connectivity index (χ0) is 20.1. The maximum atomic E-state index is 2.31. The van der Waals surface area contributed by atoms with Crippen LogP contribution in [0, 0.1) is 91.6 Å². The average molecular weight is 441 g/mol. The number of thiophene rings is 4. The number of rotatable bonds is 0. The van der Waals surface area contributed by atoms with Crippen LogP contribution in [0.3, 0.4) is 0 Å². The van der Waals surface area contributed by atoms with E-state index in [9.17, 15) is 0 Å². The second-order valence-electron chi connectivity index (χ2n) is 8.04. The fourth-order valence-corrected chi connectivity index (χ4v) is 10.3. The maximum Gasteiger partial charge on any atom is 0.0484 e. The van der Waals surface area contributed by atoms with E-state index in [1.54, 1.807) is 0 Å². The molecule has 1 aliphatic rings. The summed E-state index contributed by atoms with van der Waals surface area (Å²) < 4.78 is 11.8. The monoisotopic (exact) mass is 440 g/mol. The largest absolute Gasteiger partial charge is 0.133 e. The highest BCUT2D eigenvalue weighted by atomic mass is 32.1. The number of hydrogen-bond acceptors (Lipinski definition) is 4. The van der Waals surface area contributed by atoms with Gasteiger partial charge in [-0.05, 0) is 99.9 Å². The fourth-order valence-electron chi connectivity index (χ4n) is 4.12. The van der Waals surface area contributed by atoms with E-state index < -0.39 is 0 Å². The van der Waals surface area contributed by atoms with Crippen molar-refractivity contribution in [1.82, 2.24) is 0 Å². The molecule has 0 unspecified atom stereocenters. The molecule has 4 heteroatoms. The predicted octanol–water partition coefficient (Wildman–Crippen LogP) is 7.86. The van der Waals surface area contributed by atoms with Crippen LogP contribution >= 0.6 is 45.3 Å². The molecule has 0 atom stereocenters. The summed E-state index contributed by atoms with van der Waals surface area (Å²) in [5.74, 6) is 0. The number of hydrogen-bond donors (Lipinski definition) is 0. The summed E-state index contributed by atoms with van der Waals surface area (Å²) in [4.78, 5) is 0. The van der Waals surface area contributed by atoms with Gasteiger partial charge in [-0.25, -0.2) is 0 Å². The lowest BCUT2D eigenvalue weighted by Crippen LogP contribution is -1.79. The molecule has 1 aliphatic heterocycles. The van der Waals surface area contributed by atoms with Crippen LogP contribution < -0.4 is 0 Å². The Balaban J connectivity index is 2.41. The molecule has 0 amide bonds. The summed E-state index contributed by atoms with van der Waals surface area (Å²) in [6, 6.07) is 0. The standard InChI is InChI=1S/C24H24S4/c1-9-10(2)18-20-13(5)14(6)23(27-20)24-16(8)15(7)22(28-24)21-12(4)11(3)19(26-21)17(9)25-18/h1-8H3/b19-17-,20-18?,22-21?,24-23?. The van der Waals surface area contributed by atoms with Gasteiger partial charge in [0.15, 0.2) is 0 Å². The van der Waals surface area contributed by atoms with Gasteiger partial charge in [-0.3, -0.25) is 0 Å². The molecule has 0 nitrogen and oxygen atoms in total. The van der Waals surface area contributed by atoms with Crippen molar-refractivity contribution in [2.75, 3.05) is 0 Å². The smallest absolute Gasteiger partial charge is 0.0484 e. The molecule has 0 spiro atoms. The molecule has 5 heterocycles. The van der Waals surface area contributed by atoms with E-state index in [1.807, 2.05) is 45.3 Å². The Morgan fingerprint density at radius 2 is 0.357 bits per heavy atom. The Labute approximate surface area is 180 Å². The van der Waals surface area contributed by atoms with E-state index in [0.717, 1.165) is 0 Å². The van der Waals surface area contributed by atoms with Crippen LogP contribution in [0.5, 0.6) is 0 Å². The quantitative estimate of drug-likeness (QED) is 0.230. The van der Waals surface area contributed by atoms with Gasteiger partial charge >= 0.3 is 0 Å². The predicted molar refractivity (Wildman–Crippen MR) is 126 cm³/mol. The van der Waals surface area contributed by atoms with E-state index in [1.165, 1.54) is 80.8 Å². The summed E-state index contributed by atoms with van der Waals surface area (Å²) >= 11 is 8.02. The molecule has 144 valence electrons. The number of fused-ring (bicyclic) bond motifs is 8. The first-order chi connectivity index (χ1) is 13.2. The molecular weight excluding hydrogens is 417 g/mol. The van der Waals surface area contributed by atoms with Crippen molar-refractivity contribution in [2.45, 2.75) is 55.4 Å². The molecule has 8 bridgehead atoms. The van der Waals surface area contributed by atoms with Crippen molar-refractivity contribution in [1.29, 1.82) is 0 Å². The third-order valence-corrected chi connectivity index (χ3v) is 12.8. The Morgan fingerprint density at radius 1 is 0.250 bits per heavy atom. The van der Waals surface area contributed by atoms with E-state index in [-0.39, 0.29) is 0 Å². The third kappa shape index (κ3) is 2.26. The molecule has 4 aromatic rings. The minimum Gasteiger partial charge on any atom is -0.133 e. The Kier molecular flexibility index (Phi) is 4.13. The molecule has 0 N–H and O–H groups in total. The lowest BCUT2D eigenvalue weighted by atomic mass is 10.1. The topological polar surface area (TPSA) is 0 Å². The minimum atomic E-state index is 1.46. The first kappa shape index (κ1) is 18.8. The van der Waals surface area contributed by atoms with Crippen molar-refractivity contribution in [3.8, 4) is 0 Å². The molecule has 0 aliphatic carbocycles. The zero-order valence-electron chi connectivity index (χ0n) is 17.6. The van der Waals surface area contributed by atoms with Crippen LogP contribution in [0.2, 0.25) is 0 Å².